The van der Waals surface area contributed by atoms with Crippen LogP contribution in [0.4, 0.5) is 5.82 Å². The molecule has 0 bridgehead atoms. The van der Waals surface area contributed by atoms with Crippen LogP contribution in [0, 0.1) is 13.8 Å². The zero-order valence-electron chi connectivity index (χ0n) is 9.27. The Bertz CT molecular complexity index is 468. The number of rotatable bonds is 4. The third kappa shape index (κ3) is 2.75. The largest absolute Gasteiger partial charge is 0.368 e. The van der Waals surface area contributed by atoms with Crippen LogP contribution in [-0.4, -0.2) is 26.9 Å². The molecule has 6 heteroatoms. The number of aryl methyl sites for hydroxylation is 2. The van der Waals surface area contributed by atoms with Gasteiger partial charge in [0, 0.05) is 13.0 Å². The predicted molar refractivity (Wildman–Crippen MR) is 58.0 cm³/mol. The molecule has 0 aromatic carbocycles. The third-order valence-corrected chi connectivity index (χ3v) is 2.01. The molecule has 2 aromatic rings. The number of anilines is 1. The molecule has 2 aromatic heterocycles. The molecule has 0 atom stereocenters. The third-order valence-electron chi connectivity index (χ3n) is 2.01. The van der Waals surface area contributed by atoms with Crippen LogP contribution in [-0.2, 0) is 6.42 Å². The highest BCUT2D eigenvalue weighted by Gasteiger charge is 2.02. The van der Waals surface area contributed by atoms with E-state index in [9.17, 15) is 0 Å². The fourth-order valence-electron chi connectivity index (χ4n) is 1.29. The summed E-state index contributed by atoms with van der Waals surface area (Å²) in [5.41, 5.74) is 1.08. The Morgan fingerprint density at radius 2 is 2.25 bits per heavy atom. The lowest BCUT2D eigenvalue weighted by atomic mass is 10.3. The number of nitrogens with one attached hydrogen (secondary N) is 1. The summed E-state index contributed by atoms with van der Waals surface area (Å²) in [6.07, 6.45) is 2.39. The van der Waals surface area contributed by atoms with Crippen molar-refractivity contribution < 1.29 is 4.52 Å². The lowest BCUT2D eigenvalue weighted by Crippen LogP contribution is -2.07. The van der Waals surface area contributed by atoms with Crippen molar-refractivity contribution in [3.05, 3.63) is 29.5 Å². The van der Waals surface area contributed by atoms with Crippen LogP contribution >= 0.6 is 0 Å². The molecule has 0 amide bonds. The summed E-state index contributed by atoms with van der Waals surface area (Å²) < 4.78 is 4.99. The summed E-state index contributed by atoms with van der Waals surface area (Å²) in [6.45, 7) is 4.47. The maximum absolute atomic E-state index is 4.99. The second-order valence-corrected chi connectivity index (χ2v) is 3.53. The van der Waals surface area contributed by atoms with Gasteiger partial charge in [-0.15, -0.1) is 5.10 Å². The highest BCUT2D eigenvalue weighted by molar-refractivity contribution is 5.34. The summed E-state index contributed by atoms with van der Waals surface area (Å²) in [6, 6.07) is 1.94. The molecule has 2 heterocycles. The first-order valence-electron chi connectivity index (χ1n) is 5.06. The van der Waals surface area contributed by atoms with E-state index in [0.29, 0.717) is 24.7 Å². The summed E-state index contributed by atoms with van der Waals surface area (Å²) >= 11 is 0. The average molecular weight is 219 g/mol. The molecular weight excluding hydrogens is 206 g/mol. The number of hydrogen-bond acceptors (Lipinski definition) is 6. The molecule has 0 radical (unpaired) electrons. The summed E-state index contributed by atoms with van der Waals surface area (Å²) in [5.74, 6) is 2.05. The Morgan fingerprint density at radius 1 is 1.38 bits per heavy atom. The lowest BCUT2D eigenvalue weighted by molar-refractivity contribution is 0.377. The van der Waals surface area contributed by atoms with Crippen molar-refractivity contribution in [2.24, 2.45) is 0 Å². The lowest BCUT2D eigenvalue weighted by Gasteiger charge is -2.02. The normalized spacial score (nSPS) is 10.4. The molecular formula is C10H13N5O. The van der Waals surface area contributed by atoms with Crippen LogP contribution < -0.4 is 5.32 Å². The van der Waals surface area contributed by atoms with Gasteiger partial charge in [0.1, 0.15) is 5.82 Å². The van der Waals surface area contributed by atoms with E-state index in [1.165, 1.54) is 0 Å². The maximum atomic E-state index is 4.99. The summed E-state index contributed by atoms with van der Waals surface area (Å²) in [5, 5.41) is 14.7. The molecule has 0 aliphatic heterocycles. The Kier molecular flexibility index (Phi) is 3.09. The Morgan fingerprint density at radius 3 is 2.94 bits per heavy atom. The molecule has 0 aliphatic rings. The first kappa shape index (κ1) is 10.5. The van der Waals surface area contributed by atoms with Crippen molar-refractivity contribution in [3.8, 4) is 0 Å². The zero-order valence-corrected chi connectivity index (χ0v) is 9.27. The van der Waals surface area contributed by atoms with Crippen molar-refractivity contribution in [1.82, 2.24) is 20.3 Å². The van der Waals surface area contributed by atoms with Crippen molar-refractivity contribution in [2.45, 2.75) is 20.3 Å². The fraction of sp³-hybridized carbons (Fsp3) is 0.400. The molecule has 0 fully saturated rings. The fourth-order valence-corrected chi connectivity index (χ4v) is 1.29. The molecule has 1 N–H and O–H groups in total. The molecule has 2 rings (SSSR count). The van der Waals surface area contributed by atoms with Gasteiger partial charge in [-0.1, -0.05) is 5.16 Å². The van der Waals surface area contributed by atoms with Gasteiger partial charge < -0.3 is 9.84 Å². The maximum Gasteiger partial charge on any atom is 0.228 e. The van der Waals surface area contributed by atoms with Gasteiger partial charge in [0.05, 0.1) is 6.20 Å². The molecule has 84 valence electrons. The molecule has 0 unspecified atom stereocenters. The van der Waals surface area contributed by atoms with Crippen LogP contribution in [0.1, 0.15) is 17.3 Å². The van der Waals surface area contributed by atoms with Crippen LogP contribution in [0.25, 0.3) is 0 Å². The average Bonchev–Trinajstić information content (AvgIpc) is 2.64. The monoisotopic (exact) mass is 219 g/mol. The minimum atomic E-state index is 0.630. The van der Waals surface area contributed by atoms with Crippen molar-refractivity contribution >= 4 is 5.82 Å². The summed E-state index contributed by atoms with van der Waals surface area (Å²) in [4.78, 5) is 4.11. The van der Waals surface area contributed by atoms with Gasteiger partial charge in [0.2, 0.25) is 5.89 Å². The molecule has 0 saturated heterocycles. The quantitative estimate of drug-likeness (QED) is 0.830. The van der Waals surface area contributed by atoms with E-state index >= 15 is 0 Å². The van der Waals surface area contributed by atoms with E-state index < -0.39 is 0 Å². The first-order valence-corrected chi connectivity index (χ1v) is 5.06. The van der Waals surface area contributed by atoms with Gasteiger partial charge in [-0.25, -0.2) is 0 Å². The number of nitrogens with zero attached hydrogens (tertiary/aromatic N) is 4. The second-order valence-electron chi connectivity index (χ2n) is 3.53. The van der Waals surface area contributed by atoms with Gasteiger partial charge >= 0.3 is 0 Å². The van der Waals surface area contributed by atoms with Gasteiger partial charge in [-0.05, 0) is 25.5 Å². The molecule has 6 nitrogen and oxygen atoms in total. The van der Waals surface area contributed by atoms with Crippen LogP contribution in [0.15, 0.2) is 16.8 Å². The SMILES string of the molecule is Cc1cnnc(NCCc2nc(C)no2)c1. The molecule has 0 spiro atoms. The van der Waals surface area contributed by atoms with Crippen LogP contribution in [0.2, 0.25) is 0 Å². The minimum Gasteiger partial charge on any atom is -0.368 e. The van der Waals surface area contributed by atoms with Crippen LogP contribution in [0.3, 0.4) is 0 Å². The van der Waals surface area contributed by atoms with Crippen LogP contribution in [0.5, 0.6) is 0 Å². The second kappa shape index (κ2) is 4.69. The molecule has 0 saturated carbocycles. The van der Waals surface area contributed by atoms with E-state index in [1.807, 2.05) is 13.0 Å². The Hall–Kier alpha value is -1.98. The number of hydrogen-bond donors (Lipinski definition) is 1. The zero-order chi connectivity index (χ0) is 11.4. The van der Waals surface area contributed by atoms with E-state index in [4.69, 9.17) is 4.52 Å². The van der Waals surface area contributed by atoms with Gasteiger partial charge in [-0.2, -0.15) is 10.1 Å². The smallest absolute Gasteiger partial charge is 0.228 e. The standard InChI is InChI=1S/C10H13N5O/c1-7-5-9(14-12-6-7)11-4-3-10-13-8(2)15-16-10/h5-6H,3-4H2,1-2H3,(H,11,14). The molecule has 0 aliphatic carbocycles. The Labute approximate surface area is 93.1 Å². The van der Waals surface area contributed by atoms with E-state index in [-0.39, 0.29) is 0 Å². The summed E-state index contributed by atoms with van der Waals surface area (Å²) in [7, 11) is 0. The van der Waals surface area contributed by atoms with Gasteiger partial charge in [0.25, 0.3) is 0 Å². The highest BCUT2D eigenvalue weighted by Crippen LogP contribution is 2.03. The van der Waals surface area contributed by atoms with Gasteiger partial charge in [-0.3, -0.25) is 0 Å². The predicted octanol–water partition coefficient (Wildman–Crippen LogP) is 1.13. The molecule has 16 heavy (non-hydrogen) atoms. The number of aromatic nitrogens is 4. The highest BCUT2D eigenvalue weighted by atomic mass is 16.5. The topological polar surface area (TPSA) is 76.7 Å². The van der Waals surface area contributed by atoms with Crippen molar-refractivity contribution in [3.63, 3.8) is 0 Å². The van der Waals surface area contributed by atoms with E-state index in [2.05, 4.69) is 25.7 Å². The first-order chi connectivity index (χ1) is 7.74. The van der Waals surface area contributed by atoms with E-state index in [0.717, 1.165) is 11.4 Å². The van der Waals surface area contributed by atoms with E-state index in [1.54, 1.807) is 13.1 Å². The Balaban J connectivity index is 1.84. The van der Waals surface area contributed by atoms with Crippen molar-refractivity contribution in [1.29, 1.82) is 0 Å². The van der Waals surface area contributed by atoms with Crippen molar-refractivity contribution in [2.75, 3.05) is 11.9 Å². The van der Waals surface area contributed by atoms with Gasteiger partial charge in [0.15, 0.2) is 5.82 Å². The minimum absolute atomic E-state index is 0.630.